The average molecular weight is 273 g/mol. The number of benzene rings is 1. The number of carbonyl (C=O) groups is 2. The van der Waals surface area contributed by atoms with Crippen molar-refractivity contribution in [3.05, 3.63) is 48.7 Å². The van der Waals surface area contributed by atoms with E-state index < -0.39 is 12.1 Å². The number of para-hydroxylation sites is 1. The molecule has 1 N–H and O–H groups in total. The summed E-state index contributed by atoms with van der Waals surface area (Å²) >= 11 is 0. The predicted octanol–water partition coefficient (Wildman–Crippen LogP) is 2.28. The third kappa shape index (κ3) is 3.06. The van der Waals surface area contributed by atoms with Crippen LogP contribution >= 0.6 is 0 Å². The van der Waals surface area contributed by atoms with Gasteiger partial charge in [-0.3, -0.25) is 4.79 Å². The van der Waals surface area contributed by atoms with Gasteiger partial charge < -0.3 is 14.5 Å². The number of esters is 1. The van der Waals surface area contributed by atoms with Crippen molar-refractivity contribution in [2.24, 2.45) is 0 Å². The molecule has 1 aromatic heterocycles. The molecule has 5 heteroatoms. The molecule has 104 valence electrons. The van der Waals surface area contributed by atoms with Crippen molar-refractivity contribution in [1.82, 2.24) is 5.32 Å². The lowest BCUT2D eigenvalue weighted by atomic mass is 10.2. The molecule has 2 aromatic rings. The second-order valence-electron chi connectivity index (χ2n) is 4.23. The first kappa shape index (κ1) is 13.9. The van der Waals surface area contributed by atoms with Gasteiger partial charge in [-0.1, -0.05) is 24.3 Å². The van der Waals surface area contributed by atoms with Gasteiger partial charge in [0.25, 0.3) is 5.91 Å². The van der Waals surface area contributed by atoms with Crippen LogP contribution in [0, 0.1) is 0 Å². The molecule has 0 spiro atoms. The molecule has 2 rings (SSSR count). The van der Waals surface area contributed by atoms with Crippen LogP contribution in [0.3, 0.4) is 0 Å². The number of hydrogen-bond donors (Lipinski definition) is 1. The quantitative estimate of drug-likeness (QED) is 0.670. The number of amides is 1. The summed E-state index contributed by atoms with van der Waals surface area (Å²) in [7, 11) is 0. The molecule has 0 bridgehead atoms. The molecule has 0 saturated carbocycles. The van der Waals surface area contributed by atoms with E-state index in [9.17, 15) is 9.59 Å². The fourth-order valence-corrected chi connectivity index (χ4v) is 1.67. The highest BCUT2D eigenvalue weighted by Gasteiger charge is 2.20. The molecule has 0 fully saturated rings. The standard InChI is InChI=1S/C15H15NO4/c1-3-8-16-14(17)10(2)19-15(18)13-9-11-6-4-5-7-12(11)20-13/h3-7,9-10H,1,8H2,2H3,(H,16,17)/t10-/m1/s1. The Morgan fingerprint density at radius 3 is 2.90 bits per heavy atom. The largest absolute Gasteiger partial charge is 0.449 e. The number of fused-ring (bicyclic) bond motifs is 1. The third-order valence-electron chi connectivity index (χ3n) is 2.70. The third-order valence-corrected chi connectivity index (χ3v) is 2.70. The van der Waals surface area contributed by atoms with Gasteiger partial charge in [0.15, 0.2) is 6.10 Å². The lowest BCUT2D eigenvalue weighted by Gasteiger charge is -2.11. The molecule has 0 aliphatic heterocycles. The second-order valence-corrected chi connectivity index (χ2v) is 4.23. The van der Waals surface area contributed by atoms with Crippen molar-refractivity contribution in [1.29, 1.82) is 0 Å². The van der Waals surface area contributed by atoms with Gasteiger partial charge in [0.2, 0.25) is 5.76 Å². The van der Waals surface area contributed by atoms with Crippen LogP contribution in [0.1, 0.15) is 17.5 Å². The monoisotopic (exact) mass is 273 g/mol. The molecule has 0 radical (unpaired) electrons. The molecule has 20 heavy (non-hydrogen) atoms. The van der Waals surface area contributed by atoms with Gasteiger partial charge in [-0.05, 0) is 19.1 Å². The maximum Gasteiger partial charge on any atom is 0.375 e. The van der Waals surface area contributed by atoms with Crippen LogP contribution in [0.25, 0.3) is 11.0 Å². The van der Waals surface area contributed by atoms with Crippen molar-refractivity contribution in [2.75, 3.05) is 6.54 Å². The molecule has 5 nitrogen and oxygen atoms in total. The zero-order valence-electron chi connectivity index (χ0n) is 11.1. The minimum atomic E-state index is -0.893. The van der Waals surface area contributed by atoms with E-state index in [1.165, 1.54) is 6.92 Å². The molecule has 0 unspecified atom stereocenters. The SMILES string of the molecule is C=CCNC(=O)[C@@H](C)OC(=O)c1cc2ccccc2o1. The number of rotatable bonds is 5. The van der Waals surface area contributed by atoms with Gasteiger partial charge in [-0.15, -0.1) is 6.58 Å². The zero-order valence-corrected chi connectivity index (χ0v) is 11.1. The van der Waals surface area contributed by atoms with Crippen molar-refractivity contribution in [2.45, 2.75) is 13.0 Å². The molecule has 1 atom stereocenters. The Morgan fingerprint density at radius 1 is 1.45 bits per heavy atom. The van der Waals surface area contributed by atoms with E-state index in [0.717, 1.165) is 5.39 Å². The summed E-state index contributed by atoms with van der Waals surface area (Å²) < 4.78 is 10.4. The molecule has 1 heterocycles. The molecule has 1 aromatic carbocycles. The summed E-state index contributed by atoms with van der Waals surface area (Å²) in [6, 6.07) is 8.83. The Bertz CT molecular complexity index is 611. The minimum absolute atomic E-state index is 0.0783. The summed E-state index contributed by atoms with van der Waals surface area (Å²) in [5, 5.41) is 3.36. The van der Waals surface area contributed by atoms with Gasteiger partial charge >= 0.3 is 5.97 Å². The second kappa shape index (κ2) is 6.06. The highest BCUT2D eigenvalue weighted by Crippen LogP contribution is 2.19. The summed E-state index contributed by atoms with van der Waals surface area (Å²) in [5.74, 6) is -0.966. The van der Waals surface area contributed by atoms with Crippen molar-refractivity contribution in [3.63, 3.8) is 0 Å². The first-order chi connectivity index (χ1) is 9.61. The van der Waals surface area contributed by atoms with Gasteiger partial charge in [-0.2, -0.15) is 0 Å². The van der Waals surface area contributed by atoms with Gasteiger partial charge in [0, 0.05) is 11.9 Å². The molecule has 0 aliphatic carbocycles. The highest BCUT2D eigenvalue weighted by atomic mass is 16.6. The van der Waals surface area contributed by atoms with Crippen LogP contribution in [-0.4, -0.2) is 24.5 Å². The number of furan rings is 1. The normalized spacial score (nSPS) is 11.8. The average Bonchev–Trinajstić information content (AvgIpc) is 2.88. The van der Waals surface area contributed by atoms with E-state index in [1.54, 1.807) is 18.2 Å². The predicted molar refractivity (Wildman–Crippen MR) is 74.3 cm³/mol. The molecular formula is C15H15NO4. The highest BCUT2D eigenvalue weighted by molar-refractivity contribution is 5.94. The van der Waals surface area contributed by atoms with E-state index in [1.807, 2.05) is 18.2 Å². The maximum atomic E-state index is 11.9. The molecule has 0 saturated heterocycles. The topological polar surface area (TPSA) is 68.5 Å². The van der Waals surface area contributed by atoms with Gasteiger partial charge in [-0.25, -0.2) is 4.79 Å². The fourth-order valence-electron chi connectivity index (χ4n) is 1.67. The van der Waals surface area contributed by atoms with Gasteiger partial charge in [0.05, 0.1) is 0 Å². The Morgan fingerprint density at radius 2 is 2.20 bits per heavy atom. The fraction of sp³-hybridized carbons (Fsp3) is 0.200. The van der Waals surface area contributed by atoms with Crippen LogP contribution in [0.2, 0.25) is 0 Å². The zero-order chi connectivity index (χ0) is 14.5. The Kier molecular flexibility index (Phi) is 4.20. The van der Waals surface area contributed by atoms with Crippen LogP contribution in [0.4, 0.5) is 0 Å². The lowest BCUT2D eigenvalue weighted by Crippen LogP contribution is -2.35. The number of nitrogens with one attached hydrogen (secondary N) is 1. The van der Waals surface area contributed by atoms with E-state index in [4.69, 9.17) is 9.15 Å². The van der Waals surface area contributed by atoms with Crippen LogP contribution in [-0.2, 0) is 9.53 Å². The van der Waals surface area contributed by atoms with E-state index >= 15 is 0 Å². The van der Waals surface area contributed by atoms with E-state index in [0.29, 0.717) is 12.1 Å². The Balaban J connectivity index is 2.04. The van der Waals surface area contributed by atoms with Crippen LogP contribution in [0.15, 0.2) is 47.4 Å². The molecule has 0 aliphatic rings. The van der Waals surface area contributed by atoms with E-state index in [-0.39, 0.29) is 11.7 Å². The summed E-state index contributed by atoms with van der Waals surface area (Å²) in [6.07, 6.45) is 0.654. The van der Waals surface area contributed by atoms with Crippen molar-refractivity contribution < 1.29 is 18.7 Å². The van der Waals surface area contributed by atoms with Crippen LogP contribution < -0.4 is 5.32 Å². The maximum absolute atomic E-state index is 11.9. The smallest absolute Gasteiger partial charge is 0.375 e. The Hall–Kier alpha value is -2.56. The first-order valence-electron chi connectivity index (χ1n) is 6.20. The summed E-state index contributed by atoms with van der Waals surface area (Å²) in [5.41, 5.74) is 0.600. The Labute approximate surface area is 116 Å². The van der Waals surface area contributed by atoms with Gasteiger partial charge in [0.1, 0.15) is 5.58 Å². The van der Waals surface area contributed by atoms with Crippen molar-refractivity contribution >= 4 is 22.8 Å². The minimum Gasteiger partial charge on any atom is -0.449 e. The number of carbonyl (C=O) groups excluding carboxylic acids is 2. The molecular weight excluding hydrogens is 258 g/mol. The first-order valence-corrected chi connectivity index (χ1v) is 6.20. The summed E-state index contributed by atoms with van der Waals surface area (Å²) in [4.78, 5) is 23.5. The molecule has 1 amide bonds. The van der Waals surface area contributed by atoms with Crippen molar-refractivity contribution in [3.8, 4) is 0 Å². The number of ether oxygens (including phenoxy) is 1. The lowest BCUT2D eigenvalue weighted by molar-refractivity contribution is -0.128. The van der Waals surface area contributed by atoms with Crippen LogP contribution in [0.5, 0.6) is 0 Å². The van der Waals surface area contributed by atoms with E-state index in [2.05, 4.69) is 11.9 Å². The summed E-state index contributed by atoms with van der Waals surface area (Å²) in [6.45, 7) is 5.31. The number of hydrogen-bond acceptors (Lipinski definition) is 4.